The highest BCUT2D eigenvalue weighted by Gasteiger charge is 2.02. The number of rotatable bonds is 3. The minimum Gasteiger partial charge on any atom is -0.300 e. The molecular formula is C5H11NO2S. The van der Waals surface area contributed by atoms with Gasteiger partial charge in [0.05, 0.1) is 5.75 Å². The van der Waals surface area contributed by atoms with Gasteiger partial charge in [-0.05, 0) is 0 Å². The Labute approximate surface area is 55.7 Å². The Morgan fingerprint density at radius 3 is 2.44 bits per heavy atom. The SMILES string of the molecule is CCS(=O)(=O)CC=NC. The van der Waals surface area contributed by atoms with Crippen molar-refractivity contribution in [2.24, 2.45) is 4.99 Å². The van der Waals surface area contributed by atoms with Crippen molar-refractivity contribution in [2.75, 3.05) is 18.6 Å². The van der Waals surface area contributed by atoms with Crippen LogP contribution in [0.2, 0.25) is 0 Å². The summed E-state index contributed by atoms with van der Waals surface area (Å²) in [6, 6.07) is 0. The fraction of sp³-hybridized carbons (Fsp3) is 0.800. The molecule has 0 spiro atoms. The summed E-state index contributed by atoms with van der Waals surface area (Å²) in [7, 11) is -1.27. The van der Waals surface area contributed by atoms with Gasteiger partial charge in [0.15, 0.2) is 9.84 Å². The van der Waals surface area contributed by atoms with Gasteiger partial charge in [0.1, 0.15) is 0 Å². The third-order valence-corrected chi connectivity index (χ3v) is 2.49. The molecule has 0 aromatic rings. The lowest BCUT2D eigenvalue weighted by Gasteiger charge is -1.91. The minimum absolute atomic E-state index is 0.0694. The first-order valence-electron chi connectivity index (χ1n) is 2.73. The quantitative estimate of drug-likeness (QED) is 0.535. The largest absolute Gasteiger partial charge is 0.300 e. The second kappa shape index (κ2) is 3.61. The van der Waals surface area contributed by atoms with Gasteiger partial charge in [-0.3, -0.25) is 4.99 Å². The van der Waals surface area contributed by atoms with Crippen LogP contribution in [-0.2, 0) is 9.84 Å². The van der Waals surface area contributed by atoms with Gasteiger partial charge in [0.25, 0.3) is 0 Å². The standard InChI is InChI=1S/C5H11NO2S/c1-3-9(7,8)5-4-6-2/h4H,3,5H2,1-2H3. The highest BCUT2D eigenvalue weighted by Crippen LogP contribution is 1.84. The normalized spacial score (nSPS) is 12.7. The Kier molecular flexibility index (Phi) is 3.46. The van der Waals surface area contributed by atoms with Crippen LogP contribution in [0.4, 0.5) is 0 Å². The molecule has 0 radical (unpaired) electrons. The van der Waals surface area contributed by atoms with Gasteiger partial charge in [0.2, 0.25) is 0 Å². The van der Waals surface area contributed by atoms with E-state index in [-0.39, 0.29) is 11.5 Å². The third kappa shape index (κ3) is 4.14. The molecule has 0 aromatic carbocycles. The van der Waals surface area contributed by atoms with Gasteiger partial charge in [-0.2, -0.15) is 0 Å². The van der Waals surface area contributed by atoms with Crippen LogP contribution in [0.5, 0.6) is 0 Å². The van der Waals surface area contributed by atoms with Crippen molar-refractivity contribution < 1.29 is 8.42 Å². The Bertz CT molecular complexity index is 181. The minimum atomic E-state index is -2.83. The molecular weight excluding hydrogens is 138 g/mol. The smallest absolute Gasteiger partial charge is 0.155 e. The molecule has 0 fully saturated rings. The second-order valence-corrected chi connectivity index (χ2v) is 4.04. The molecule has 0 aromatic heterocycles. The first kappa shape index (κ1) is 8.62. The average molecular weight is 149 g/mol. The monoisotopic (exact) mass is 149 g/mol. The summed E-state index contributed by atoms with van der Waals surface area (Å²) in [4.78, 5) is 3.56. The lowest BCUT2D eigenvalue weighted by molar-refractivity contribution is 0.601. The van der Waals surface area contributed by atoms with Crippen LogP contribution in [-0.4, -0.2) is 33.2 Å². The molecule has 0 aliphatic carbocycles. The van der Waals surface area contributed by atoms with Crippen molar-refractivity contribution in [1.82, 2.24) is 0 Å². The highest BCUT2D eigenvalue weighted by molar-refractivity contribution is 7.91. The van der Waals surface area contributed by atoms with Gasteiger partial charge in [-0.1, -0.05) is 6.92 Å². The Balaban J connectivity index is 3.90. The first-order valence-corrected chi connectivity index (χ1v) is 4.55. The number of aliphatic imine (C=N–C) groups is 1. The molecule has 0 heterocycles. The highest BCUT2D eigenvalue weighted by atomic mass is 32.2. The third-order valence-electron chi connectivity index (χ3n) is 0.951. The number of nitrogens with zero attached hydrogens (tertiary/aromatic N) is 1. The summed E-state index contributed by atoms with van der Waals surface area (Å²) >= 11 is 0. The molecule has 0 atom stereocenters. The van der Waals surface area contributed by atoms with Crippen LogP contribution >= 0.6 is 0 Å². The van der Waals surface area contributed by atoms with Crippen molar-refractivity contribution in [2.45, 2.75) is 6.92 Å². The molecule has 0 amide bonds. The topological polar surface area (TPSA) is 46.5 Å². The summed E-state index contributed by atoms with van der Waals surface area (Å²) in [6.07, 6.45) is 1.40. The van der Waals surface area contributed by atoms with Gasteiger partial charge < -0.3 is 0 Å². The molecule has 54 valence electrons. The van der Waals surface area contributed by atoms with Gasteiger partial charge in [-0.15, -0.1) is 0 Å². The van der Waals surface area contributed by atoms with Crippen molar-refractivity contribution >= 4 is 16.1 Å². The summed E-state index contributed by atoms with van der Waals surface area (Å²) < 4.78 is 21.3. The molecule has 0 rings (SSSR count). The number of sulfone groups is 1. The zero-order chi connectivity index (χ0) is 7.33. The molecule has 0 aliphatic heterocycles. The lowest BCUT2D eigenvalue weighted by Crippen LogP contribution is -2.09. The van der Waals surface area contributed by atoms with E-state index in [1.54, 1.807) is 14.0 Å². The van der Waals surface area contributed by atoms with E-state index in [1.165, 1.54) is 6.21 Å². The van der Waals surface area contributed by atoms with E-state index in [0.29, 0.717) is 0 Å². The fourth-order valence-corrected chi connectivity index (χ4v) is 0.918. The lowest BCUT2D eigenvalue weighted by atomic mass is 10.9. The Morgan fingerprint density at radius 2 is 2.11 bits per heavy atom. The maximum Gasteiger partial charge on any atom is 0.155 e. The number of hydrogen-bond acceptors (Lipinski definition) is 3. The van der Waals surface area contributed by atoms with Crippen molar-refractivity contribution in [1.29, 1.82) is 0 Å². The summed E-state index contributed by atoms with van der Waals surface area (Å²) in [5.74, 6) is 0.263. The van der Waals surface area contributed by atoms with Crippen LogP contribution in [0.25, 0.3) is 0 Å². The predicted octanol–water partition coefficient (Wildman–Crippen LogP) is 0.122. The molecule has 0 saturated heterocycles. The molecule has 3 nitrogen and oxygen atoms in total. The molecule has 9 heavy (non-hydrogen) atoms. The fourth-order valence-electron chi connectivity index (χ4n) is 0.306. The van der Waals surface area contributed by atoms with Crippen molar-refractivity contribution in [3.63, 3.8) is 0 Å². The van der Waals surface area contributed by atoms with Crippen LogP contribution in [0, 0.1) is 0 Å². The van der Waals surface area contributed by atoms with E-state index in [4.69, 9.17) is 0 Å². The van der Waals surface area contributed by atoms with Crippen molar-refractivity contribution in [3.05, 3.63) is 0 Å². The zero-order valence-electron chi connectivity index (χ0n) is 5.66. The van der Waals surface area contributed by atoms with E-state index < -0.39 is 9.84 Å². The summed E-state index contributed by atoms with van der Waals surface area (Å²) in [5.41, 5.74) is 0. The molecule has 0 saturated carbocycles. The van der Waals surface area contributed by atoms with Crippen LogP contribution in [0.1, 0.15) is 6.92 Å². The molecule has 0 aliphatic rings. The number of hydrogen-bond donors (Lipinski definition) is 0. The van der Waals surface area contributed by atoms with Crippen LogP contribution < -0.4 is 0 Å². The van der Waals surface area contributed by atoms with Crippen molar-refractivity contribution in [3.8, 4) is 0 Å². The molecule has 0 bridgehead atoms. The second-order valence-electron chi connectivity index (χ2n) is 1.64. The van der Waals surface area contributed by atoms with E-state index in [2.05, 4.69) is 4.99 Å². The summed E-state index contributed by atoms with van der Waals surface area (Å²) in [6.45, 7) is 1.62. The van der Waals surface area contributed by atoms with Gasteiger partial charge in [0, 0.05) is 19.0 Å². The molecule has 0 unspecified atom stereocenters. The first-order chi connectivity index (χ1) is 4.12. The van der Waals surface area contributed by atoms with E-state index >= 15 is 0 Å². The van der Waals surface area contributed by atoms with Gasteiger partial charge in [-0.25, -0.2) is 8.42 Å². The maximum atomic E-state index is 10.7. The maximum absolute atomic E-state index is 10.7. The van der Waals surface area contributed by atoms with E-state index in [0.717, 1.165) is 0 Å². The van der Waals surface area contributed by atoms with E-state index in [1.807, 2.05) is 0 Å². The van der Waals surface area contributed by atoms with Crippen LogP contribution in [0.3, 0.4) is 0 Å². The van der Waals surface area contributed by atoms with Gasteiger partial charge >= 0.3 is 0 Å². The Morgan fingerprint density at radius 1 is 1.56 bits per heavy atom. The molecule has 4 heteroatoms. The Hall–Kier alpha value is -0.380. The van der Waals surface area contributed by atoms with E-state index in [9.17, 15) is 8.42 Å². The summed E-state index contributed by atoms with van der Waals surface area (Å²) in [5, 5.41) is 0. The molecule has 0 N–H and O–H groups in total. The van der Waals surface area contributed by atoms with Crippen LogP contribution in [0.15, 0.2) is 4.99 Å². The predicted molar refractivity (Wildman–Crippen MR) is 38.7 cm³/mol. The average Bonchev–Trinajstić information content (AvgIpc) is 1.84. The zero-order valence-corrected chi connectivity index (χ0v) is 6.48.